The van der Waals surface area contributed by atoms with Gasteiger partial charge in [0.25, 0.3) is 11.8 Å². The predicted octanol–water partition coefficient (Wildman–Crippen LogP) is 3.52. The Hall–Kier alpha value is -2.53. The average Bonchev–Trinajstić information content (AvgIpc) is 3.79. The van der Waals surface area contributed by atoms with Crippen LogP contribution in [-0.2, 0) is 14.3 Å². The number of hydrogen-bond donors (Lipinski definition) is 2. The monoisotopic (exact) mass is 534 g/mol. The molecule has 3 fully saturated rings. The molecule has 5 rings (SSSR count). The second kappa shape index (κ2) is 10.8. The molecule has 3 aliphatic rings. The number of nitrogens with zero attached hydrogens (tertiary/aromatic N) is 2. The van der Waals surface area contributed by atoms with E-state index in [2.05, 4.69) is 15.5 Å². The molecule has 2 saturated carbocycles. The molecule has 1 aliphatic heterocycles. The lowest BCUT2D eigenvalue weighted by molar-refractivity contribution is -0.125. The third kappa shape index (κ3) is 6.05. The minimum absolute atomic E-state index is 0.0352. The zero-order valence-corrected chi connectivity index (χ0v) is 21.2. The summed E-state index contributed by atoms with van der Waals surface area (Å²) in [6.07, 6.45) is 4.27. The van der Waals surface area contributed by atoms with Gasteiger partial charge in [-0.1, -0.05) is 11.6 Å². The topological polar surface area (TPSA) is 91.0 Å². The lowest BCUT2D eigenvalue weighted by atomic mass is 10.1. The highest BCUT2D eigenvalue weighted by atomic mass is 35.5. The Labute approximate surface area is 217 Å². The maximum absolute atomic E-state index is 15.0. The molecule has 0 unspecified atom stereocenters. The molecule has 0 bridgehead atoms. The largest absolute Gasteiger partial charge is 0.370 e. The van der Waals surface area contributed by atoms with E-state index < -0.39 is 11.9 Å². The predicted molar refractivity (Wildman–Crippen MR) is 136 cm³/mol. The summed E-state index contributed by atoms with van der Waals surface area (Å²) in [5, 5.41) is 5.59. The van der Waals surface area contributed by atoms with Crippen LogP contribution >= 0.6 is 22.9 Å². The molecular weight excluding hydrogens is 507 g/mol. The Bertz CT molecular complexity index is 1150. The smallest absolute Gasteiger partial charge is 0.261 e. The standard InChI is InChI=1S/C25H28ClFN4O4S/c26-22-8-7-21(36-22)25(34)28-12-20(31(16-3-4-16)13-15-1-2-15)24(33)29-19-6-5-17(11-18(19)27)30-9-10-35-14-23(30)32/h5-8,11,15-16,20H,1-4,9-10,12-14H2,(H,28,34)(H,29,33)/t20-/m1/s1. The van der Waals surface area contributed by atoms with E-state index in [0.717, 1.165) is 32.2 Å². The van der Waals surface area contributed by atoms with Crippen molar-refractivity contribution < 1.29 is 23.5 Å². The second-order valence-electron chi connectivity index (χ2n) is 9.45. The first-order valence-corrected chi connectivity index (χ1v) is 13.4. The van der Waals surface area contributed by atoms with Crippen LogP contribution in [0, 0.1) is 11.7 Å². The van der Waals surface area contributed by atoms with Crippen molar-refractivity contribution in [3.8, 4) is 0 Å². The molecule has 2 N–H and O–H groups in total. The molecule has 192 valence electrons. The Morgan fingerprint density at radius 3 is 2.67 bits per heavy atom. The van der Waals surface area contributed by atoms with Crippen molar-refractivity contribution in [1.82, 2.24) is 10.2 Å². The first kappa shape index (κ1) is 25.1. The quantitative estimate of drug-likeness (QED) is 0.487. The van der Waals surface area contributed by atoms with Gasteiger partial charge in [-0.05, 0) is 61.9 Å². The molecule has 1 aromatic carbocycles. The molecule has 0 spiro atoms. The van der Waals surface area contributed by atoms with Crippen molar-refractivity contribution in [2.24, 2.45) is 5.92 Å². The van der Waals surface area contributed by atoms with Crippen LogP contribution in [0.15, 0.2) is 30.3 Å². The van der Waals surface area contributed by atoms with Crippen molar-refractivity contribution in [3.63, 3.8) is 0 Å². The third-order valence-corrected chi connectivity index (χ3v) is 7.88. The molecule has 1 saturated heterocycles. The van der Waals surface area contributed by atoms with E-state index in [0.29, 0.717) is 34.0 Å². The Morgan fingerprint density at radius 2 is 2.03 bits per heavy atom. The maximum atomic E-state index is 15.0. The molecule has 36 heavy (non-hydrogen) atoms. The molecule has 2 aromatic rings. The van der Waals surface area contributed by atoms with Crippen molar-refractivity contribution in [1.29, 1.82) is 0 Å². The van der Waals surface area contributed by atoms with Crippen molar-refractivity contribution in [3.05, 3.63) is 45.4 Å². The maximum Gasteiger partial charge on any atom is 0.261 e. The number of thiophene rings is 1. The lowest BCUT2D eigenvalue weighted by Gasteiger charge is -2.31. The number of benzene rings is 1. The summed E-state index contributed by atoms with van der Waals surface area (Å²) in [6.45, 7) is 1.58. The van der Waals surface area contributed by atoms with Gasteiger partial charge in [0, 0.05) is 31.4 Å². The number of ether oxygens (including phenoxy) is 1. The summed E-state index contributed by atoms with van der Waals surface area (Å²) in [5.74, 6) is -0.981. The number of nitrogens with one attached hydrogen (secondary N) is 2. The van der Waals surface area contributed by atoms with Gasteiger partial charge in [-0.15, -0.1) is 11.3 Å². The minimum Gasteiger partial charge on any atom is -0.370 e. The van der Waals surface area contributed by atoms with Crippen LogP contribution < -0.4 is 15.5 Å². The third-order valence-electron chi connectivity index (χ3n) is 6.65. The van der Waals surface area contributed by atoms with Crippen LogP contribution in [0.5, 0.6) is 0 Å². The highest BCUT2D eigenvalue weighted by molar-refractivity contribution is 7.18. The van der Waals surface area contributed by atoms with Gasteiger partial charge in [0.1, 0.15) is 18.5 Å². The van der Waals surface area contributed by atoms with E-state index in [-0.39, 0.29) is 42.6 Å². The number of carbonyl (C=O) groups is 3. The van der Waals surface area contributed by atoms with Gasteiger partial charge in [-0.3, -0.25) is 19.3 Å². The van der Waals surface area contributed by atoms with Crippen LogP contribution in [0.25, 0.3) is 0 Å². The summed E-state index contributed by atoms with van der Waals surface area (Å²) in [4.78, 5) is 42.3. The molecule has 2 heterocycles. The summed E-state index contributed by atoms with van der Waals surface area (Å²) >= 11 is 7.13. The molecule has 11 heteroatoms. The van der Waals surface area contributed by atoms with Gasteiger partial charge in [-0.2, -0.15) is 0 Å². The first-order chi connectivity index (χ1) is 17.4. The van der Waals surface area contributed by atoms with Gasteiger partial charge in [0.15, 0.2) is 0 Å². The zero-order valence-electron chi connectivity index (χ0n) is 19.7. The zero-order chi connectivity index (χ0) is 25.2. The summed E-state index contributed by atoms with van der Waals surface area (Å²) in [7, 11) is 0. The minimum atomic E-state index is -0.641. The van der Waals surface area contributed by atoms with E-state index in [1.54, 1.807) is 18.2 Å². The van der Waals surface area contributed by atoms with Gasteiger partial charge in [-0.25, -0.2) is 4.39 Å². The number of hydrogen-bond acceptors (Lipinski definition) is 6. The number of rotatable bonds is 10. The van der Waals surface area contributed by atoms with Gasteiger partial charge in [0.05, 0.1) is 21.5 Å². The molecule has 1 aromatic heterocycles. The summed E-state index contributed by atoms with van der Waals surface area (Å²) in [5.41, 5.74) is 0.457. The van der Waals surface area contributed by atoms with E-state index in [1.807, 2.05) is 0 Å². The highest BCUT2D eigenvalue weighted by Crippen LogP contribution is 2.36. The molecule has 1 atom stereocenters. The fourth-order valence-electron chi connectivity index (χ4n) is 4.39. The number of halogens is 2. The molecular formula is C25H28ClFN4O4S. The fourth-order valence-corrected chi connectivity index (χ4v) is 5.35. The van der Waals surface area contributed by atoms with Crippen molar-refractivity contribution >= 4 is 52.0 Å². The Morgan fingerprint density at radius 1 is 1.22 bits per heavy atom. The number of morpholine rings is 1. The van der Waals surface area contributed by atoms with Gasteiger partial charge < -0.3 is 20.3 Å². The van der Waals surface area contributed by atoms with Crippen LogP contribution in [0.3, 0.4) is 0 Å². The van der Waals surface area contributed by atoms with Crippen molar-refractivity contribution in [2.75, 3.05) is 43.1 Å². The molecule has 2 aliphatic carbocycles. The van der Waals surface area contributed by atoms with Gasteiger partial charge in [0.2, 0.25) is 5.91 Å². The summed E-state index contributed by atoms with van der Waals surface area (Å²) < 4.78 is 20.7. The van der Waals surface area contributed by atoms with Crippen molar-refractivity contribution in [2.45, 2.75) is 37.8 Å². The lowest BCUT2D eigenvalue weighted by Crippen LogP contribution is -2.52. The van der Waals surface area contributed by atoms with Gasteiger partial charge >= 0.3 is 0 Å². The Kier molecular flexibility index (Phi) is 7.57. The van der Waals surface area contributed by atoms with E-state index in [9.17, 15) is 14.4 Å². The highest BCUT2D eigenvalue weighted by Gasteiger charge is 2.40. The number of anilines is 2. The average molecular weight is 535 g/mol. The van der Waals surface area contributed by atoms with E-state index in [4.69, 9.17) is 16.3 Å². The SMILES string of the molecule is O=C(NC[C@H](C(=O)Nc1ccc(N2CCOCC2=O)cc1F)N(CC1CC1)C1CC1)c1ccc(Cl)s1. The number of carbonyl (C=O) groups excluding carboxylic acids is 3. The normalized spacial score (nSPS) is 18.9. The molecule has 0 radical (unpaired) electrons. The first-order valence-electron chi connectivity index (χ1n) is 12.2. The second-order valence-corrected chi connectivity index (χ2v) is 11.2. The molecule has 3 amide bonds. The van der Waals surface area contributed by atoms with Crippen LogP contribution in [-0.4, -0.2) is 67.6 Å². The van der Waals surface area contributed by atoms with E-state index in [1.165, 1.54) is 28.4 Å². The van der Waals surface area contributed by atoms with Crippen LogP contribution in [0.4, 0.5) is 15.8 Å². The number of amides is 3. The summed E-state index contributed by atoms with van der Waals surface area (Å²) in [6, 6.07) is 7.28. The Balaban J connectivity index is 1.30. The van der Waals surface area contributed by atoms with Crippen LogP contribution in [0.2, 0.25) is 4.34 Å². The van der Waals surface area contributed by atoms with Crippen LogP contribution in [0.1, 0.15) is 35.4 Å². The van der Waals surface area contributed by atoms with E-state index >= 15 is 4.39 Å². The molecule has 8 nitrogen and oxygen atoms in total. The fraction of sp³-hybridized carbons (Fsp3) is 0.480.